The van der Waals surface area contributed by atoms with Crippen LogP contribution in [0.2, 0.25) is 0 Å². The van der Waals surface area contributed by atoms with E-state index in [0.29, 0.717) is 6.54 Å². The Kier molecular flexibility index (Phi) is 4.10. The summed E-state index contributed by atoms with van der Waals surface area (Å²) < 4.78 is 4.96. The predicted molar refractivity (Wildman–Crippen MR) is 57.1 cm³/mol. The van der Waals surface area contributed by atoms with Gasteiger partial charge in [0.05, 0.1) is 6.26 Å². The second-order valence-corrected chi connectivity index (χ2v) is 3.95. The number of carboxylic acids is 1. The Morgan fingerprint density at radius 3 is 2.62 bits per heavy atom. The predicted octanol–water partition coefficient (Wildman–Crippen LogP) is 1.46. The van der Waals surface area contributed by atoms with Gasteiger partial charge in [-0.25, -0.2) is 0 Å². The van der Waals surface area contributed by atoms with Gasteiger partial charge in [0.15, 0.2) is 5.76 Å². The highest BCUT2D eigenvalue weighted by atomic mass is 16.4. The van der Waals surface area contributed by atoms with Gasteiger partial charge in [0.25, 0.3) is 5.91 Å². The van der Waals surface area contributed by atoms with Crippen LogP contribution in [0.1, 0.15) is 24.4 Å². The maximum Gasteiger partial charge on any atom is 0.323 e. The Hall–Kier alpha value is -1.78. The molecule has 0 aliphatic rings. The lowest BCUT2D eigenvalue weighted by molar-refractivity contribution is -0.137. The van der Waals surface area contributed by atoms with Gasteiger partial charge in [-0.1, -0.05) is 13.8 Å². The first kappa shape index (κ1) is 12.3. The van der Waals surface area contributed by atoms with Gasteiger partial charge < -0.3 is 14.4 Å². The quantitative estimate of drug-likeness (QED) is 0.823. The van der Waals surface area contributed by atoms with E-state index in [1.54, 1.807) is 6.07 Å². The largest absolute Gasteiger partial charge is 0.480 e. The maximum atomic E-state index is 11.8. The summed E-state index contributed by atoms with van der Waals surface area (Å²) in [5.41, 5.74) is 0. The van der Waals surface area contributed by atoms with E-state index in [0.717, 1.165) is 0 Å². The molecule has 0 spiro atoms. The highest BCUT2D eigenvalue weighted by Crippen LogP contribution is 2.08. The van der Waals surface area contributed by atoms with Crippen LogP contribution in [0.15, 0.2) is 22.8 Å². The molecule has 1 heterocycles. The Balaban J connectivity index is 2.75. The topological polar surface area (TPSA) is 70.8 Å². The fourth-order valence-corrected chi connectivity index (χ4v) is 1.38. The molecular weight excluding hydrogens is 210 g/mol. The molecular formula is C11H15NO4. The molecule has 0 saturated carbocycles. The summed E-state index contributed by atoms with van der Waals surface area (Å²) in [5.74, 6) is -1.04. The number of rotatable bonds is 5. The summed E-state index contributed by atoms with van der Waals surface area (Å²) in [6.45, 7) is 3.93. The minimum atomic E-state index is -1.03. The molecule has 16 heavy (non-hydrogen) atoms. The molecule has 0 radical (unpaired) electrons. The number of hydrogen-bond donors (Lipinski definition) is 1. The van der Waals surface area contributed by atoms with Crippen molar-refractivity contribution in [1.29, 1.82) is 0 Å². The fourth-order valence-electron chi connectivity index (χ4n) is 1.38. The summed E-state index contributed by atoms with van der Waals surface area (Å²) in [4.78, 5) is 23.8. The molecule has 5 nitrogen and oxygen atoms in total. The van der Waals surface area contributed by atoms with Gasteiger partial charge in [-0.05, 0) is 18.1 Å². The molecule has 5 heteroatoms. The van der Waals surface area contributed by atoms with Crippen LogP contribution in [0.3, 0.4) is 0 Å². The molecule has 0 aliphatic heterocycles. The van der Waals surface area contributed by atoms with Crippen molar-refractivity contribution in [2.75, 3.05) is 13.1 Å². The Bertz CT molecular complexity index is 356. The smallest absolute Gasteiger partial charge is 0.323 e. The third kappa shape index (κ3) is 3.42. The van der Waals surface area contributed by atoms with Crippen LogP contribution in [0, 0.1) is 5.92 Å². The highest BCUT2D eigenvalue weighted by Gasteiger charge is 2.21. The molecule has 1 rings (SSSR count). The zero-order valence-corrected chi connectivity index (χ0v) is 9.34. The number of hydrogen-bond acceptors (Lipinski definition) is 3. The molecule has 0 atom stereocenters. The van der Waals surface area contributed by atoms with E-state index in [1.165, 1.54) is 17.2 Å². The van der Waals surface area contributed by atoms with Crippen LogP contribution in [-0.4, -0.2) is 35.0 Å². The van der Waals surface area contributed by atoms with E-state index in [1.807, 2.05) is 13.8 Å². The molecule has 1 N–H and O–H groups in total. The summed E-state index contributed by atoms with van der Waals surface area (Å²) >= 11 is 0. The number of carbonyl (C=O) groups is 2. The monoisotopic (exact) mass is 225 g/mol. The first-order valence-electron chi connectivity index (χ1n) is 5.05. The van der Waals surface area contributed by atoms with Gasteiger partial charge >= 0.3 is 5.97 Å². The highest BCUT2D eigenvalue weighted by molar-refractivity contribution is 5.93. The first-order chi connectivity index (χ1) is 7.50. The van der Waals surface area contributed by atoms with Gasteiger partial charge in [-0.3, -0.25) is 9.59 Å². The number of carboxylic acid groups (broad SMARTS) is 1. The van der Waals surface area contributed by atoms with Crippen LogP contribution in [0.25, 0.3) is 0 Å². The standard InChI is InChI=1S/C11H15NO4/c1-8(2)6-12(7-10(13)14)11(15)9-4-3-5-16-9/h3-5,8H,6-7H2,1-2H3,(H,13,14). The van der Waals surface area contributed by atoms with Crippen LogP contribution >= 0.6 is 0 Å². The van der Waals surface area contributed by atoms with Crippen molar-refractivity contribution >= 4 is 11.9 Å². The fraction of sp³-hybridized carbons (Fsp3) is 0.455. The van der Waals surface area contributed by atoms with Crippen molar-refractivity contribution in [1.82, 2.24) is 4.90 Å². The van der Waals surface area contributed by atoms with Crippen molar-refractivity contribution in [2.24, 2.45) is 5.92 Å². The van der Waals surface area contributed by atoms with E-state index in [9.17, 15) is 9.59 Å². The number of nitrogens with zero attached hydrogens (tertiary/aromatic N) is 1. The number of furan rings is 1. The second kappa shape index (κ2) is 5.34. The SMILES string of the molecule is CC(C)CN(CC(=O)O)C(=O)c1ccco1. The average Bonchev–Trinajstić information content (AvgIpc) is 2.66. The van der Waals surface area contributed by atoms with Crippen molar-refractivity contribution in [3.63, 3.8) is 0 Å². The van der Waals surface area contributed by atoms with Crippen LogP contribution in [0.5, 0.6) is 0 Å². The summed E-state index contributed by atoms with van der Waals surface area (Å²) in [6, 6.07) is 3.12. The Labute approximate surface area is 93.7 Å². The molecule has 1 aromatic heterocycles. The lowest BCUT2D eigenvalue weighted by Gasteiger charge is -2.21. The molecule has 0 saturated heterocycles. The third-order valence-corrected chi connectivity index (χ3v) is 1.93. The zero-order chi connectivity index (χ0) is 12.1. The van der Waals surface area contributed by atoms with Crippen molar-refractivity contribution in [2.45, 2.75) is 13.8 Å². The summed E-state index contributed by atoms with van der Waals surface area (Å²) in [5, 5.41) is 8.72. The van der Waals surface area contributed by atoms with Gasteiger partial charge in [0.1, 0.15) is 6.54 Å². The van der Waals surface area contributed by atoms with E-state index in [-0.39, 0.29) is 24.1 Å². The molecule has 0 bridgehead atoms. The van der Waals surface area contributed by atoms with E-state index in [2.05, 4.69) is 0 Å². The van der Waals surface area contributed by atoms with Crippen molar-refractivity contribution in [3.8, 4) is 0 Å². The van der Waals surface area contributed by atoms with E-state index in [4.69, 9.17) is 9.52 Å². The van der Waals surface area contributed by atoms with E-state index >= 15 is 0 Å². The number of aliphatic carboxylic acids is 1. The van der Waals surface area contributed by atoms with Crippen molar-refractivity contribution < 1.29 is 19.1 Å². The first-order valence-corrected chi connectivity index (χ1v) is 5.05. The van der Waals surface area contributed by atoms with Gasteiger partial charge in [-0.2, -0.15) is 0 Å². The molecule has 0 fully saturated rings. The lowest BCUT2D eigenvalue weighted by atomic mass is 10.2. The third-order valence-electron chi connectivity index (χ3n) is 1.93. The summed E-state index contributed by atoms with van der Waals surface area (Å²) in [7, 11) is 0. The number of carbonyl (C=O) groups excluding carboxylic acids is 1. The van der Waals surface area contributed by atoms with Crippen LogP contribution in [-0.2, 0) is 4.79 Å². The van der Waals surface area contributed by atoms with Crippen molar-refractivity contribution in [3.05, 3.63) is 24.2 Å². The zero-order valence-electron chi connectivity index (χ0n) is 9.34. The molecule has 1 aromatic rings. The van der Waals surface area contributed by atoms with Crippen LogP contribution < -0.4 is 0 Å². The molecule has 0 aromatic carbocycles. The number of amides is 1. The molecule has 0 unspecified atom stereocenters. The normalized spacial score (nSPS) is 10.4. The summed E-state index contributed by atoms with van der Waals surface area (Å²) in [6.07, 6.45) is 1.39. The minimum absolute atomic E-state index is 0.168. The van der Waals surface area contributed by atoms with Gasteiger partial charge in [0, 0.05) is 6.54 Å². The molecule has 88 valence electrons. The van der Waals surface area contributed by atoms with E-state index < -0.39 is 5.97 Å². The van der Waals surface area contributed by atoms with Crippen LogP contribution in [0.4, 0.5) is 0 Å². The Morgan fingerprint density at radius 1 is 1.50 bits per heavy atom. The van der Waals surface area contributed by atoms with Gasteiger partial charge in [0.2, 0.25) is 0 Å². The lowest BCUT2D eigenvalue weighted by Crippen LogP contribution is -2.38. The maximum absolute atomic E-state index is 11.8. The minimum Gasteiger partial charge on any atom is -0.480 e. The Morgan fingerprint density at radius 2 is 2.19 bits per heavy atom. The average molecular weight is 225 g/mol. The second-order valence-electron chi connectivity index (χ2n) is 3.95. The molecule has 1 amide bonds. The molecule has 0 aliphatic carbocycles. The van der Waals surface area contributed by atoms with Gasteiger partial charge in [-0.15, -0.1) is 0 Å².